The first kappa shape index (κ1) is 15.8. The standard InChI is InChI=1S/C14H11BrN2O2S3/c15-12-5-6-13(21-12)22(18,19)17-9-10-3-1-7-16-14(10)11-4-2-8-20-11/h1-8,17H,9H2. The third-order valence-electron chi connectivity index (χ3n) is 2.91. The highest BCUT2D eigenvalue weighted by Crippen LogP contribution is 2.28. The SMILES string of the molecule is O=S(=O)(NCc1cccnc1-c1cccs1)c1ccc(Br)s1. The number of hydrogen-bond donors (Lipinski definition) is 1. The molecule has 3 heterocycles. The van der Waals surface area contributed by atoms with Gasteiger partial charge in [-0.25, -0.2) is 13.1 Å². The Labute approximate surface area is 145 Å². The number of hydrogen-bond acceptors (Lipinski definition) is 5. The molecule has 3 aromatic heterocycles. The van der Waals surface area contributed by atoms with Crippen LogP contribution in [0, 0.1) is 0 Å². The van der Waals surface area contributed by atoms with E-state index in [1.807, 2.05) is 29.6 Å². The highest BCUT2D eigenvalue weighted by Gasteiger charge is 2.17. The van der Waals surface area contributed by atoms with Crippen LogP contribution in [-0.2, 0) is 16.6 Å². The number of halogens is 1. The minimum atomic E-state index is -3.51. The van der Waals surface area contributed by atoms with Crippen molar-refractivity contribution in [3.63, 3.8) is 0 Å². The summed E-state index contributed by atoms with van der Waals surface area (Å²) in [7, 11) is -3.51. The van der Waals surface area contributed by atoms with Gasteiger partial charge >= 0.3 is 0 Å². The van der Waals surface area contributed by atoms with Crippen molar-refractivity contribution < 1.29 is 8.42 Å². The fourth-order valence-electron chi connectivity index (χ4n) is 1.90. The van der Waals surface area contributed by atoms with Gasteiger partial charge in [-0.2, -0.15) is 0 Å². The second-order valence-electron chi connectivity index (χ2n) is 4.37. The Hall–Kier alpha value is -1.06. The molecule has 4 nitrogen and oxygen atoms in total. The predicted octanol–water partition coefficient (Wildman–Crippen LogP) is 4.11. The van der Waals surface area contributed by atoms with E-state index in [1.165, 1.54) is 11.3 Å². The van der Waals surface area contributed by atoms with Crippen molar-refractivity contribution in [3.05, 3.63) is 57.3 Å². The first-order chi connectivity index (χ1) is 10.6. The summed E-state index contributed by atoms with van der Waals surface area (Å²) in [6.07, 6.45) is 1.71. The smallest absolute Gasteiger partial charge is 0.250 e. The maximum absolute atomic E-state index is 12.3. The topological polar surface area (TPSA) is 59.1 Å². The molecule has 1 N–H and O–H groups in total. The van der Waals surface area contributed by atoms with E-state index in [1.54, 1.807) is 29.7 Å². The molecule has 114 valence electrons. The minimum absolute atomic E-state index is 0.207. The number of nitrogens with zero attached hydrogens (tertiary/aromatic N) is 1. The van der Waals surface area contributed by atoms with Gasteiger partial charge in [0.2, 0.25) is 10.0 Å². The van der Waals surface area contributed by atoms with Crippen LogP contribution < -0.4 is 4.72 Å². The normalized spacial score (nSPS) is 11.7. The molecule has 0 radical (unpaired) electrons. The Morgan fingerprint density at radius 1 is 1.18 bits per heavy atom. The molecule has 3 rings (SSSR count). The average Bonchev–Trinajstić information content (AvgIpc) is 3.17. The lowest BCUT2D eigenvalue weighted by molar-refractivity contribution is 0.583. The van der Waals surface area contributed by atoms with E-state index < -0.39 is 10.0 Å². The third-order valence-corrected chi connectivity index (χ3v) is 7.31. The molecule has 0 spiro atoms. The van der Waals surface area contributed by atoms with Crippen molar-refractivity contribution in [1.29, 1.82) is 0 Å². The van der Waals surface area contributed by atoms with E-state index in [0.717, 1.165) is 19.9 Å². The maximum atomic E-state index is 12.3. The van der Waals surface area contributed by atoms with Gasteiger partial charge in [-0.3, -0.25) is 4.98 Å². The minimum Gasteiger partial charge on any atom is -0.255 e. The zero-order chi connectivity index (χ0) is 15.6. The van der Waals surface area contributed by atoms with Crippen molar-refractivity contribution in [2.75, 3.05) is 0 Å². The number of rotatable bonds is 5. The van der Waals surface area contributed by atoms with E-state index in [9.17, 15) is 8.42 Å². The van der Waals surface area contributed by atoms with Crippen molar-refractivity contribution in [1.82, 2.24) is 9.71 Å². The van der Waals surface area contributed by atoms with Gasteiger partial charge in [0.25, 0.3) is 0 Å². The van der Waals surface area contributed by atoms with E-state index in [4.69, 9.17) is 0 Å². The van der Waals surface area contributed by atoms with Gasteiger partial charge in [0.1, 0.15) is 4.21 Å². The average molecular weight is 415 g/mol. The largest absolute Gasteiger partial charge is 0.255 e. The van der Waals surface area contributed by atoms with E-state index in [-0.39, 0.29) is 6.54 Å². The van der Waals surface area contributed by atoms with Crippen molar-refractivity contribution in [2.24, 2.45) is 0 Å². The highest BCUT2D eigenvalue weighted by molar-refractivity contribution is 9.11. The molecule has 8 heteroatoms. The first-order valence-electron chi connectivity index (χ1n) is 6.29. The summed E-state index contributed by atoms with van der Waals surface area (Å²) in [4.78, 5) is 5.39. The van der Waals surface area contributed by atoms with E-state index in [0.29, 0.717) is 4.21 Å². The summed E-state index contributed by atoms with van der Waals surface area (Å²) in [6.45, 7) is 0.207. The molecule has 0 unspecified atom stereocenters. The van der Waals surface area contributed by atoms with Crippen LogP contribution in [0.2, 0.25) is 0 Å². The summed E-state index contributed by atoms with van der Waals surface area (Å²) in [5, 5.41) is 1.97. The molecule has 0 aliphatic rings. The van der Waals surface area contributed by atoms with Crippen molar-refractivity contribution >= 4 is 48.6 Å². The summed E-state index contributed by atoms with van der Waals surface area (Å²) in [6, 6.07) is 10.9. The zero-order valence-electron chi connectivity index (χ0n) is 11.2. The lowest BCUT2D eigenvalue weighted by atomic mass is 10.2. The summed E-state index contributed by atoms with van der Waals surface area (Å²) in [5.41, 5.74) is 1.66. The van der Waals surface area contributed by atoms with Gasteiger partial charge < -0.3 is 0 Å². The second-order valence-corrected chi connectivity index (χ2v) is 9.78. The monoisotopic (exact) mass is 414 g/mol. The fraction of sp³-hybridized carbons (Fsp3) is 0.0714. The van der Waals surface area contributed by atoms with E-state index >= 15 is 0 Å². The molecule has 22 heavy (non-hydrogen) atoms. The van der Waals surface area contributed by atoms with Crippen LogP contribution in [0.1, 0.15) is 5.56 Å². The Kier molecular flexibility index (Phi) is 4.74. The van der Waals surface area contributed by atoms with Crippen LogP contribution >= 0.6 is 38.6 Å². The maximum Gasteiger partial charge on any atom is 0.250 e. The van der Waals surface area contributed by atoms with Crippen LogP contribution in [0.25, 0.3) is 10.6 Å². The molecule has 0 aliphatic carbocycles. The first-order valence-corrected chi connectivity index (χ1v) is 10.3. The summed E-state index contributed by atoms with van der Waals surface area (Å²) in [5.74, 6) is 0. The van der Waals surface area contributed by atoms with Crippen LogP contribution in [0.15, 0.2) is 56.0 Å². The molecule has 0 saturated heterocycles. The molecular formula is C14H11BrN2O2S3. The molecular weight excluding hydrogens is 404 g/mol. The molecule has 0 aromatic carbocycles. The number of pyridine rings is 1. The Balaban J connectivity index is 1.83. The number of aromatic nitrogens is 1. The third kappa shape index (κ3) is 3.47. The lowest BCUT2D eigenvalue weighted by Crippen LogP contribution is -2.22. The molecule has 0 fully saturated rings. The molecule has 0 amide bonds. The zero-order valence-corrected chi connectivity index (χ0v) is 15.2. The second kappa shape index (κ2) is 6.59. The van der Waals surface area contributed by atoms with Gasteiger partial charge in [0.05, 0.1) is 14.4 Å². The van der Waals surface area contributed by atoms with Gasteiger partial charge in [-0.1, -0.05) is 12.1 Å². The molecule has 0 saturated carbocycles. The molecule has 0 aliphatic heterocycles. The van der Waals surface area contributed by atoms with Crippen LogP contribution in [0.3, 0.4) is 0 Å². The predicted molar refractivity (Wildman–Crippen MR) is 93.6 cm³/mol. The summed E-state index contributed by atoms with van der Waals surface area (Å²) >= 11 is 6.04. The van der Waals surface area contributed by atoms with Crippen LogP contribution in [-0.4, -0.2) is 13.4 Å². The van der Waals surface area contributed by atoms with Gasteiger partial charge in [-0.05, 0) is 51.1 Å². The van der Waals surface area contributed by atoms with Crippen LogP contribution in [0.5, 0.6) is 0 Å². The van der Waals surface area contributed by atoms with E-state index in [2.05, 4.69) is 25.6 Å². The number of nitrogens with one attached hydrogen (secondary N) is 1. The Bertz CT molecular complexity index is 873. The van der Waals surface area contributed by atoms with Crippen molar-refractivity contribution in [3.8, 4) is 10.6 Å². The fourth-order valence-corrected chi connectivity index (χ4v) is 5.72. The Morgan fingerprint density at radius 2 is 2.05 bits per heavy atom. The lowest BCUT2D eigenvalue weighted by Gasteiger charge is -2.08. The molecule has 3 aromatic rings. The Morgan fingerprint density at radius 3 is 2.73 bits per heavy atom. The number of sulfonamides is 1. The van der Waals surface area contributed by atoms with Crippen molar-refractivity contribution in [2.45, 2.75) is 10.8 Å². The van der Waals surface area contributed by atoms with Gasteiger partial charge in [0, 0.05) is 12.7 Å². The quantitative estimate of drug-likeness (QED) is 0.682. The van der Waals surface area contributed by atoms with Gasteiger partial charge in [0.15, 0.2) is 0 Å². The van der Waals surface area contributed by atoms with Crippen LogP contribution in [0.4, 0.5) is 0 Å². The summed E-state index contributed by atoms with van der Waals surface area (Å²) < 4.78 is 28.3. The molecule has 0 atom stereocenters. The number of thiophene rings is 2. The highest BCUT2D eigenvalue weighted by atomic mass is 79.9. The molecule has 0 bridgehead atoms. The van der Waals surface area contributed by atoms with Gasteiger partial charge in [-0.15, -0.1) is 22.7 Å².